The van der Waals surface area contributed by atoms with Crippen molar-refractivity contribution in [3.05, 3.63) is 35.6 Å². The molecule has 0 bridgehead atoms. The molecular weight excluding hydrogens is 227 g/mol. The minimum absolute atomic E-state index is 0.140. The standard InChI is InChI=1S/C15H23FN2/c1-3-15-7-9-18(10-8-17-15)12(2)13-5-4-6-14(16)11-13/h4-6,11-12,15,17H,3,7-10H2,1-2H3. The van der Waals surface area contributed by atoms with Gasteiger partial charge in [-0.3, -0.25) is 4.90 Å². The third-order valence-corrected chi connectivity index (χ3v) is 3.97. The Morgan fingerprint density at radius 2 is 2.28 bits per heavy atom. The monoisotopic (exact) mass is 250 g/mol. The topological polar surface area (TPSA) is 15.3 Å². The zero-order valence-corrected chi connectivity index (χ0v) is 11.3. The predicted molar refractivity (Wildman–Crippen MR) is 73.1 cm³/mol. The molecule has 1 saturated heterocycles. The van der Waals surface area contributed by atoms with Crippen LogP contribution in [0.2, 0.25) is 0 Å². The normalized spacial score (nSPS) is 23.6. The second-order valence-corrected chi connectivity index (χ2v) is 5.11. The Bertz CT molecular complexity index is 381. The van der Waals surface area contributed by atoms with Crippen LogP contribution in [0.4, 0.5) is 4.39 Å². The van der Waals surface area contributed by atoms with E-state index in [2.05, 4.69) is 24.1 Å². The lowest BCUT2D eigenvalue weighted by Gasteiger charge is -2.27. The first-order valence-corrected chi connectivity index (χ1v) is 6.93. The van der Waals surface area contributed by atoms with Gasteiger partial charge >= 0.3 is 0 Å². The Morgan fingerprint density at radius 1 is 1.44 bits per heavy atom. The number of hydrogen-bond donors (Lipinski definition) is 1. The maximum Gasteiger partial charge on any atom is 0.123 e. The van der Waals surface area contributed by atoms with E-state index in [-0.39, 0.29) is 11.9 Å². The summed E-state index contributed by atoms with van der Waals surface area (Å²) >= 11 is 0. The molecule has 0 radical (unpaired) electrons. The summed E-state index contributed by atoms with van der Waals surface area (Å²) in [6.45, 7) is 7.54. The van der Waals surface area contributed by atoms with E-state index in [1.165, 1.54) is 18.9 Å². The molecule has 2 rings (SSSR count). The molecule has 0 aliphatic carbocycles. The van der Waals surface area contributed by atoms with Gasteiger partial charge in [0.15, 0.2) is 0 Å². The molecule has 0 amide bonds. The van der Waals surface area contributed by atoms with Crippen molar-refractivity contribution in [1.82, 2.24) is 10.2 Å². The fraction of sp³-hybridized carbons (Fsp3) is 0.600. The minimum atomic E-state index is -0.140. The highest BCUT2D eigenvalue weighted by atomic mass is 19.1. The smallest absolute Gasteiger partial charge is 0.123 e. The second kappa shape index (κ2) is 6.30. The minimum Gasteiger partial charge on any atom is -0.313 e. The average Bonchev–Trinajstić information content (AvgIpc) is 2.63. The highest BCUT2D eigenvalue weighted by Crippen LogP contribution is 2.22. The fourth-order valence-electron chi connectivity index (χ4n) is 2.66. The van der Waals surface area contributed by atoms with Gasteiger partial charge < -0.3 is 5.32 Å². The highest BCUT2D eigenvalue weighted by Gasteiger charge is 2.20. The Kier molecular flexibility index (Phi) is 4.72. The fourth-order valence-corrected chi connectivity index (χ4v) is 2.66. The zero-order chi connectivity index (χ0) is 13.0. The summed E-state index contributed by atoms with van der Waals surface area (Å²) in [5.41, 5.74) is 1.07. The molecule has 1 N–H and O–H groups in total. The summed E-state index contributed by atoms with van der Waals surface area (Å²) in [5, 5.41) is 3.56. The molecule has 2 unspecified atom stereocenters. The quantitative estimate of drug-likeness (QED) is 0.887. The Morgan fingerprint density at radius 3 is 3.00 bits per heavy atom. The van der Waals surface area contributed by atoms with Crippen molar-refractivity contribution in [2.24, 2.45) is 0 Å². The Hall–Kier alpha value is -0.930. The van der Waals surface area contributed by atoms with Crippen LogP contribution in [0.25, 0.3) is 0 Å². The molecule has 1 aromatic carbocycles. The lowest BCUT2D eigenvalue weighted by Crippen LogP contribution is -2.31. The largest absolute Gasteiger partial charge is 0.313 e. The third kappa shape index (κ3) is 3.30. The van der Waals surface area contributed by atoms with Crippen molar-refractivity contribution in [2.75, 3.05) is 19.6 Å². The maximum atomic E-state index is 13.3. The lowest BCUT2D eigenvalue weighted by molar-refractivity contribution is 0.223. The van der Waals surface area contributed by atoms with Crippen LogP contribution in [0.1, 0.15) is 38.3 Å². The van der Waals surface area contributed by atoms with Gasteiger partial charge in [0.05, 0.1) is 0 Å². The molecule has 1 heterocycles. The van der Waals surface area contributed by atoms with Gasteiger partial charge in [-0.2, -0.15) is 0 Å². The number of nitrogens with zero attached hydrogens (tertiary/aromatic N) is 1. The van der Waals surface area contributed by atoms with E-state index in [9.17, 15) is 4.39 Å². The van der Waals surface area contributed by atoms with Crippen molar-refractivity contribution >= 4 is 0 Å². The van der Waals surface area contributed by atoms with E-state index in [0.717, 1.165) is 25.2 Å². The van der Waals surface area contributed by atoms with Crippen molar-refractivity contribution in [3.63, 3.8) is 0 Å². The Labute approximate surface area is 109 Å². The van der Waals surface area contributed by atoms with Gasteiger partial charge in [-0.1, -0.05) is 19.1 Å². The van der Waals surface area contributed by atoms with Crippen LogP contribution in [0.5, 0.6) is 0 Å². The van der Waals surface area contributed by atoms with Crippen LogP contribution < -0.4 is 5.32 Å². The van der Waals surface area contributed by atoms with Crippen LogP contribution in [0.3, 0.4) is 0 Å². The van der Waals surface area contributed by atoms with E-state index in [4.69, 9.17) is 0 Å². The van der Waals surface area contributed by atoms with Crippen LogP contribution in [0, 0.1) is 5.82 Å². The molecule has 2 atom stereocenters. The van der Waals surface area contributed by atoms with Gasteiger partial charge in [-0.25, -0.2) is 4.39 Å². The van der Waals surface area contributed by atoms with Gasteiger partial charge in [-0.15, -0.1) is 0 Å². The van der Waals surface area contributed by atoms with Crippen molar-refractivity contribution in [1.29, 1.82) is 0 Å². The van der Waals surface area contributed by atoms with Crippen LogP contribution in [-0.2, 0) is 0 Å². The summed E-state index contributed by atoms with van der Waals surface area (Å²) in [4.78, 5) is 2.44. The number of rotatable bonds is 3. The second-order valence-electron chi connectivity index (χ2n) is 5.11. The molecule has 0 aromatic heterocycles. The summed E-state index contributed by atoms with van der Waals surface area (Å²) in [5.74, 6) is -0.140. The van der Waals surface area contributed by atoms with Gasteiger partial charge in [0.25, 0.3) is 0 Å². The van der Waals surface area contributed by atoms with Gasteiger partial charge in [0, 0.05) is 31.7 Å². The van der Waals surface area contributed by atoms with Gasteiger partial charge in [0.2, 0.25) is 0 Å². The number of halogens is 1. The molecule has 3 heteroatoms. The van der Waals surface area contributed by atoms with E-state index in [0.29, 0.717) is 6.04 Å². The molecule has 1 fully saturated rings. The first-order chi connectivity index (χ1) is 8.70. The SMILES string of the molecule is CCC1CCN(C(C)c2cccc(F)c2)CCN1. The van der Waals surface area contributed by atoms with E-state index >= 15 is 0 Å². The third-order valence-electron chi connectivity index (χ3n) is 3.97. The number of nitrogens with one attached hydrogen (secondary N) is 1. The number of hydrogen-bond acceptors (Lipinski definition) is 2. The maximum absolute atomic E-state index is 13.3. The number of benzene rings is 1. The van der Waals surface area contributed by atoms with Crippen molar-refractivity contribution < 1.29 is 4.39 Å². The van der Waals surface area contributed by atoms with Gasteiger partial charge in [-0.05, 0) is 37.5 Å². The lowest BCUT2D eigenvalue weighted by atomic mass is 10.1. The molecule has 0 saturated carbocycles. The molecule has 100 valence electrons. The van der Waals surface area contributed by atoms with Crippen LogP contribution in [-0.4, -0.2) is 30.6 Å². The molecule has 18 heavy (non-hydrogen) atoms. The van der Waals surface area contributed by atoms with Crippen LogP contribution >= 0.6 is 0 Å². The van der Waals surface area contributed by atoms with E-state index in [1.54, 1.807) is 12.1 Å². The molecule has 0 spiro atoms. The molecule has 1 aliphatic rings. The average molecular weight is 250 g/mol. The molecule has 1 aromatic rings. The summed E-state index contributed by atoms with van der Waals surface area (Å²) in [7, 11) is 0. The van der Waals surface area contributed by atoms with Crippen molar-refractivity contribution in [3.8, 4) is 0 Å². The van der Waals surface area contributed by atoms with E-state index in [1.807, 2.05) is 6.07 Å². The highest BCUT2D eigenvalue weighted by molar-refractivity contribution is 5.19. The van der Waals surface area contributed by atoms with Crippen LogP contribution in [0.15, 0.2) is 24.3 Å². The first-order valence-electron chi connectivity index (χ1n) is 6.93. The molecule has 1 aliphatic heterocycles. The van der Waals surface area contributed by atoms with E-state index < -0.39 is 0 Å². The summed E-state index contributed by atoms with van der Waals surface area (Å²) in [6.07, 6.45) is 2.36. The first kappa shape index (κ1) is 13.5. The van der Waals surface area contributed by atoms with Gasteiger partial charge in [0.1, 0.15) is 5.82 Å². The Balaban J connectivity index is 2.02. The zero-order valence-electron chi connectivity index (χ0n) is 11.3. The summed E-state index contributed by atoms with van der Waals surface area (Å²) in [6, 6.07) is 7.90. The predicted octanol–water partition coefficient (Wildman–Crippen LogP) is 2.96. The van der Waals surface area contributed by atoms with Crippen molar-refractivity contribution in [2.45, 2.75) is 38.8 Å². The molecular formula is C15H23FN2. The molecule has 2 nitrogen and oxygen atoms in total. The summed E-state index contributed by atoms with van der Waals surface area (Å²) < 4.78 is 13.3.